The van der Waals surface area contributed by atoms with E-state index in [-0.39, 0.29) is 24.1 Å². The zero-order valence-corrected chi connectivity index (χ0v) is 15.6. The molecule has 1 aromatic carbocycles. The number of ether oxygens (including phenoxy) is 1. The molecule has 26 heavy (non-hydrogen) atoms. The summed E-state index contributed by atoms with van der Waals surface area (Å²) in [5, 5.41) is 4.83. The van der Waals surface area contributed by atoms with Crippen LogP contribution in [0.5, 0.6) is 5.75 Å². The Morgan fingerprint density at radius 3 is 2.73 bits per heavy atom. The maximum Gasteiger partial charge on any atom is 0.245 e. The summed E-state index contributed by atoms with van der Waals surface area (Å²) in [5.41, 5.74) is 0. The maximum atomic E-state index is 12.8. The van der Waals surface area contributed by atoms with Gasteiger partial charge in [0.2, 0.25) is 11.7 Å². The van der Waals surface area contributed by atoms with Gasteiger partial charge in [-0.15, -0.1) is 11.3 Å². The second-order valence-corrected chi connectivity index (χ2v) is 8.99. The minimum Gasteiger partial charge on any atom is -0.494 e. The van der Waals surface area contributed by atoms with E-state index in [0.29, 0.717) is 18.0 Å². The zero-order chi connectivity index (χ0) is 18.6. The number of thiophene rings is 1. The van der Waals surface area contributed by atoms with Crippen LogP contribution in [0.25, 0.3) is 10.7 Å². The molecule has 0 saturated heterocycles. The lowest BCUT2D eigenvalue weighted by Gasteiger charge is -2.09. The van der Waals surface area contributed by atoms with Crippen molar-refractivity contribution in [1.29, 1.82) is 0 Å². The molecule has 6 nitrogen and oxygen atoms in total. The van der Waals surface area contributed by atoms with E-state index >= 15 is 0 Å². The number of benzene rings is 1. The molecule has 3 aromatic rings. The van der Waals surface area contributed by atoms with Crippen LogP contribution >= 0.6 is 11.3 Å². The van der Waals surface area contributed by atoms with E-state index in [1.54, 1.807) is 0 Å². The van der Waals surface area contributed by atoms with Crippen molar-refractivity contribution >= 4 is 21.2 Å². The highest BCUT2D eigenvalue weighted by Crippen LogP contribution is 2.26. The smallest absolute Gasteiger partial charge is 0.245 e. The Labute approximate surface area is 154 Å². The molecule has 0 N–H and O–H groups in total. The second kappa shape index (κ2) is 7.96. The summed E-state index contributed by atoms with van der Waals surface area (Å²) in [6, 6.07) is 9.26. The van der Waals surface area contributed by atoms with E-state index in [2.05, 4.69) is 10.1 Å². The van der Waals surface area contributed by atoms with Gasteiger partial charge in [0.25, 0.3) is 0 Å². The van der Waals surface area contributed by atoms with Gasteiger partial charge in [0.05, 0.1) is 17.2 Å². The van der Waals surface area contributed by atoms with Crippen molar-refractivity contribution in [3.05, 3.63) is 53.5 Å². The molecule has 138 valence electrons. The topological polar surface area (TPSA) is 82.3 Å². The number of nitrogens with zero attached hydrogens (tertiary/aromatic N) is 2. The van der Waals surface area contributed by atoms with Crippen LogP contribution in [-0.2, 0) is 9.84 Å². The van der Waals surface area contributed by atoms with Gasteiger partial charge in [-0.3, -0.25) is 0 Å². The molecule has 0 bridgehead atoms. The van der Waals surface area contributed by atoms with Crippen molar-refractivity contribution in [3.8, 4) is 16.5 Å². The van der Waals surface area contributed by atoms with Crippen molar-refractivity contribution in [1.82, 2.24) is 10.1 Å². The van der Waals surface area contributed by atoms with Crippen molar-refractivity contribution in [2.24, 2.45) is 0 Å². The van der Waals surface area contributed by atoms with E-state index in [4.69, 9.17) is 9.26 Å². The Kier molecular flexibility index (Phi) is 5.67. The lowest BCUT2D eigenvalue weighted by Crippen LogP contribution is -2.16. The normalized spacial score (nSPS) is 12.8. The molecule has 3 rings (SSSR count). The number of halogens is 1. The highest BCUT2D eigenvalue weighted by Gasteiger charge is 2.28. The first kappa shape index (κ1) is 18.5. The van der Waals surface area contributed by atoms with E-state index in [9.17, 15) is 12.8 Å². The van der Waals surface area contributed by atoms with Crippen LogP contribution in [0.1, 0.15) is 24.5 Å². The third kappa shape index (κ3) is 4.47. The molecule has 0 aliphatic carbocycles. The average Bonchev–Trinajstić information content (AvgIpc) is 3.30. The summed E-state index contributed by atoms with van der Waals surface area (Å²) in [6.07, 6.45) is 0.302. The van der Waals surface area contributed by atoms with Crippen molar-refractivity contribution < 1.29 is 22.1 Å². The summed E-state index contributed by atoms with van der Waals surface area (Å²) in [7, 11) is -3.46. The molecule has 0 unspecified atom stereocenters. The molecule has 2 aromatic heterocycles. The fraction of sp³-hybridized carbons (Fsp3) is 0.294. The van der Waals surface area contributed by atoms with Crippen molar-refractivity contribution in [3.63, 3.8) is 0 Å². The predicted octanol–water partition coefficient (Wildman–Crippen LogP) is 3.88. The molecule has 0 aliphatic heterocycles. The molecule has 2 heterocycles. The van der Waals surface area contributed by atoms with E-state index in [0.717, 1.165) is 4.88 Å². The molecule has 0 saturated carbocycles. The molecular formula is C17H17FN2O4S2. The highest BCUT2D eigenvalue weighted by molar-refractivity contribution is 7.91. The summed E-state index contributed by atoms with van der Waals surface area (Å²) >= 11 is 1.45. The average molecular weight is 396 g/mol. The molecule has 0 fully saturated rings. The minimum atomic E-state index is -3.46. The van der Waals surface area contributed by atoms with Crippen LogP contribution in [0.4, 0.5) is 4.39 Å². The third-order valence-electron chi connectivity index (χ3n) is 3.73. The number of sulfone groups is 1. The Morgan fingerprint density at radius 1 is 1.27 bits per heavy atom. The van der Waals surface area contributed by atoms with E-state index < -0.39 is 15.1 Å². The summed E-state index contributed by atoms with van der Waals surface area (Å²) in [6.45, 7) is 1.74. The monoisotopic (exact) mass is 396 g/mol. The minimum absolute atomic E-state index is 0.0767. The van der Waals surface area contributed by atoms with Crippen molar-refractivity contribution in [2.45, 2.75) is 18.6 Å². The lowest BCUT2D eigenvalue weighted by atomic mass is 10.3. The van der Waals surface area contributed by atoms with Gasteiger partial charge in [0.15, 0.2) is 9.84 Å². The van der Waals surface area contributed by atoms with Gasteiger partial charge in [-0.1, -0.05) is 11.2 Å². The summed E-state index contributed by atoms with van der Waals surface area (Å²) in [4.78, 5) is 5.01. The van der Waals surface area contributed by atoms with Gasteiger partial charge in [0.1, 0.15) is 16.8 Å². The van der Waals surface area contributed by atoms with Crippen LogP contribution in [0, 0.1) is 5.82 Å². The van der Waals surface area contributed by atoms with Gasteiger partial charge in [-0.2, -0.15) is 4.98 Å². The van der Waals surface area contributed by atoms with E-state index in [1.165, 1.54) is 42.5 Å². The Morgan fingerprint density at radius 2 is 2.04 bits per heavy atom. The number of rotatable bonds is 8. The van der Waals surface area contributed by atoms with Gasteiger partial charge in [-0.25, -0.2) is 12.8 Å². The zero-order valence-electron chi connectivity index (χ0n) is 14.0. The largest absolute Gasteiger partial charge is 0.494 e. The first-order valence-corrected chi connectivity index (χ1v) is 10.5. The molecule has 0 amide bonds. The molecule has 1 atom stereocenters. The van der Waals surface area contributed by atoms with Crippen LogP contribution in [-0.4, -0.2) is 30.9 Å². The Hall–Kier alpha value is -2.26. The predicted molar refractivity (Wildman–Crippen MR) is 96.3 cm³/mol. The van der Waals surface area contributed by atoms with Crippen LogP contribution in [0.15, 0.2) is 46.3 Å². The molecular weight excluding hydrogens is 379 g/mol. The van der Waals surface area contributed by atoms with Crippen LogP contribution < -0.4 is 4.74 Å². The Balaban J connectivity index is 1.54. The number of hydrogen-bond acceptors (Lipinski definition) is 7. The molecule has 0 spiro atoms. The van der Waals surface area contributed by atoms with Gasteiger partial charge in [0, 0.05) is 0 Å². The summed E-state index contributed by atoms with van der Waals surface area (Å²) in [5.74, 6) is 0.528. The fourth-order valence-electron chi connectivity index (χ4n) is 2.22. The molecule has 0 aliphatic rings. The highest BCUT2D eigenvalue weighted by atomic mass is 32.2. The van der Waals surface area contributed by atoms with Gasteiger partial charge >= 0.3 is 0 Å². The first-order chi connectivity index (χ1) is 12.5. The number of aromatic nitrogens is 2. The first-order valence-electron chi connectivity index (χ1n) is 7.93. The van der Waals surface area contributed by atoms with Gasteiger partial charge in [-0.05, 0) is 49.1 Å². The van der Waals surface area contributed by atoms with Crippen LogP contribution in [0.3, 0.4) is 0 Å². The number of hydrogen-bond donors (Lipinski definition) is 0. The maximum absolute atomic E-state index is 12.8. The lowest BCUT2D eigenvalue weighted by molar-refractivity contribution is 0.317. The van der Waals surface area contributed by atoms with E-state index in [1.807, 2.05) is 17.5 Å². The second-order valence-electron chi connectivity index (χ2n) is 5.60. The van der Waals surface area contributed by atoms with Gasteiger partial charge < -0.3 is 9.26 Å². The third-order valence-corrected chi connectivity index (χ3v) is 6.73. The standard InChI is InChI=1S/C17H17FN2O4S2/c1-12(17-19-16(20-24-17)15-4-2-10-25-15)26(21,22)11-3-9-23-14-7-5-13(18)6-8-14/h2,4-8,10,12H,3,9,11H2,1H3/t12-/m1/s1. The van der Waals surface area contributed by atoms with Crippen molar-refractivity contribution in [2.75, 3.05) is 12.4 Å². The fourth-order valence-corrected chi connectivity index (χ4v) is 4.14. The van der Waals surface area contributed by atoms with Crippen LogP contribution in [0.2, 0.25) is 0 Å². The molecule has 0 radical (unpaired) electrons. The summed E-state index contributed by atoms with van der Waals surface area (Å²) < 4.78 is 48.3. The SMILES string of the molecule is C[C@H](c1nc(-c2cccs2)no1)S(=O)(=O)CCCOc1ccc(F)cc1. The molecule has 9 heteroatoms. The Bertz CT molecular complexity index is 938. The quantitative estimate of drug-likeness (QED) is 0.538.